The molecule has 0 aliphatic carbocycles. The van der Waals surface area contributed by atoms with E-state index in [1.54, 1.807) is 36.2 Å². The monoisotopic (exact) mass is 342 g/mol. The van der Waals surface area contributed by atoms with Crippen molar-refractivity contribution in [2.75, 3.05) is 27.3 Å². The first-order valence-electron chi connectivity index (χ1n) is 8.36. The minimum Gasteiger partial charge on any atom is -0.496 e. The molecule has 0 bridgehead atoms. The number of ether oxygens (including phenoxy) is 2. The Morgan fingerprint density at radius 2 is 1.72 bits per heavy atom. The second kappa shape index (κ2) is 7.16. The number of nitrogens with zero attached hydrogens (tertiary/aromatic N) is 2. The number of carbonyl (C=O) groups is 2. The van der Waals surface area contributed by atoms with Crippen molar-refractivity contribution in [1.82, 2.24) is 10.0 Å². The van der Waals surface area contributed by atoms with Crippen molar-refractivity contribution in [2.24, 2.45) is 0 Å². The highest BCUT2D eigenvalue weighted by Crippen LogP contribution is 2.36. The molecule has 25 heavy (non-hydrogen) atoms. The summed E-state index contributed by atoms with van der Waals surface area (Å²) >= 11 is 0. The summed E-state index contributed by atoms with van der Waals surface area (Å²) in [4.78, 5) is 25.8. The largest absolute Gasteiger partial charge is 0.496 e. The minimum absolute atomic E-state index is 0.0751. The lowest BCUT2D eigenvalue weighted by atomic mass is 9.95. The fraction of sp³-hybridized carbons (Fsp3) is 0.474. The fourth-order valence-corrected chi connectivity index (χ4v) is 3.45. The van der Waals surface area contributed by atoms with Crippen LogP contribution in [0.25, 0.3) is 0 Å². The number of carbonyl (C=O) groups excluding carboxylic acids is 2. The predicted octanol–water partition coefficient (Wildman–Crippen LogP) is 1.54. The Hall–Kier alpha value is -2.52. The molecule has 2 aliphatic rings. The second-order valence-electron chi connectivity index (χ2n) is 6.12. The van der Waals surface area contributed by atoms with Gasteiger partial charge in [0.25, 0.3) is 11.8 Å². The van der Waals surface area contributed by atoms with Gasteiger partial charge in [0, 0.05) is 31.3 Å². The van der Waals surface area contributed by atoms with Gasteiger partial charge in [-0.05, 0) is 31.9 Å². The molecule has 0 N–H and O–H groups in total. The average molecular weight is 342 g/mol. The number of benzene rings is 1. The van der Waals surface area contributed by atoms with Gasteiger partial charge in [0.1, 0.15) is 11.7 Å². The molecule has 0 spiro atoms. The number of rotatable bonds is 3. The molecule has 0 unspecified atom stereocenters. The molecule has 132 valence electrons. The highest BCUT2D eigenvalue weighted by atomic mass is 16.5. The van der Waals surface area contributed by atoms with E-state index in [1.807, 2.05) is 6.07 Å². The van der Waals surface area contributed by atoms with Gasteiger partial charge in [-0.1, -0.05) is 12.0 Å². The van der Waals surface area contributed by atoms with E-state index >= 15 is 0 Å². The van der Waals surface area contributed by atoms with Crippen LogP contribution in [0.4, 0.5) is 0 Å². The molecule has 2 heterocycles. The van der Waals surface area contributed by atoms with Crippen LogP contribution in [0.5, 0.6) is 5.75 Å². The summed E-state index contributed by atoms with van der Waals surface area (Å²) in [7, 11) is 3.20. The van der Waals surface area contributed by atoms with Crippen LogP contribution in [0.15, 0.2) is 18.2 Å². The quantitative estimate of drug-likeness (QED) is 0.618. The van der Waals surface area contributed by atoms with E-state index < -0.39 is 5.92 Å². The fourth-order valence-electron chi connectivity index (χ4n) is 3.45. The summed E-state index contributed by atoms with van der Waals surface area (Å²) in [6, 6.07) is 5.35. The molecule has 0 aromatic heterocycles. The molecular weight excluding hydrogens is 320 g/mol. The Balaban J connectivity index is 1.92. The van der Waals surface area contributed by atoms with Gasteiger partial charge < -0.3 is 9.47 Å². The lowest BCUT2D eigenvalue weighted by molar-refractivity contribution is -0.145. The zero-order valence-corrected chi connectivity index (χ0v) is 14.7. The number of fused-ring (bicyclic) bond motifs is 1. The molecule has 0 radical (unpaired) electrons. The smallest absolute Gasteiger partial charge is 0.258 e. The van der Waals surface area contributed by atoms with Gasteiger partial charge in [0.15, 0.2) is 0 Å². The first-order valence-corrected chi connectivity index (χ1v) is 8.36. The molecule has 2 saturated heterocycles. The van der Waals surface area contributed by atoms with E-state index in [0.717, 1.165) is 18.4 Å². The summed E-state index contributed by atoms with van der Waals surface area (Å²) in [6.07, 6.45) is 1.52. The molecule has 6 nitrogen and oxygen atoms in total. The van der Waals surface area contributed by atoms with Crippen molar-refractivity contribution in [3.05, 3.63) is 29.3 Å². The zero-order valence-electron chi connectivity index (χ0n) is 14.7. The van der Waals surface area contributed by atoms with Gasteiger partial charge >= 0.3 is 0 Å². The van der Waals surface area contributed by atoms with Crippen LogP contribution in [0, 0.1) is 11.8 Å². The Kier molecular flexibility index (Phi) is 4.95. The zero-order chi connectivity index (χ0) is 18.0. The SMILES string of the molecule is CC#Cc1ccc(C2C(=O)N3CCC(OC)CCN3C2=O)c(OC)c1. The normalized spacial score (nSPS) is 18.7. The maximum Gasteiger partial charge on any atom is 0.258 e. The van der Waals surface area contributed by atoms with E-state index in [2.05, 4.69) is 11.8 Å². The third kappa shape index (κ3) is 3.08. The Bertz CT molecular complexity index is 724. The van der Waals surface area contributed by atoms with Gasteiger partial charge in [0.05, 0.1) is 13.2 Å². The van der Waals surface area contributed by atoms with Crippen molar-refractivity contribution in [3.63, 3.8) is 0 Å². The number of hydrogen-bond acceptors (Lipinski definition) is 4. The van der Waals surface area contributed by atoms with Crippen molar-refractivity contribution in [2.45, 2.75) is 31.8 Å². The van der Waals surface area contributed by atoms with Crippen LogP contribution in [-0.2, 0) is 14.3 Å². The molecule has 0 atom stereocenters. The van der Waals surface area contributed by atoms with Crippen LogP contribution >= 0.6 is 0 Å². The van der Waals surface area contributed by atoms with Gasteiger partial charge in [-0.15, -0.1) is 5.92 Å². The molecule has 1 aromatic rings. The number of methoxy groups -OCH3 is 2. The van der Waals surface area contributed by atoms with E-state index in [9.17, 15) is 9.59 Å². The van der Waals surface area contributed by atoms with Crippen LogP contribution in [-0.4, -0.2) is 55.2 Å². The molecule has 3 rings (SSSR count). The number of amides is 2. The van der Waals surface area contributed by atoms with Crippen molar-refractivity contribution in [3.8, 4) is 17.6 Å². The summed E-state index contributed by atoms with van der Waals surface area (Å²) in [6.45, 7) is 2.73. The lowest BCUT2D eigenvalue weighted by Crippen LogP contribution is -2.40. The Morgan fingerprint density at radius 3 is 2.24 bits per heavy atom. The Labute approximate surface area is 147 Å². The number of hydrazine groups is 1. The van der Waals surface area contributed by atoms with Gasteiger partial charge in [-0.3, -0.25) is 19.6 Å². The highest BCUT2D eigenvalue weighted by molar-refractivity contribution is 6.10. The number of hydrogen-bond donors (Lipinski definition) is 0. The van der Waals surface area contributed by atoms with Gasteiger partial charge in [0.2, 0.25) is 0 Å². The predicted molar refractivity (Wildman–Crippen MR) is 91.7 cm³/mol. The molecule has 0 saturated carbocycles. The van der Waals surface area contributed by atoms with E-state index in [-0.39, 0.29) is 17.9 Å². The van der Waals surface area contributed by atoms with Crippen molar-refractivity contribution in [1.29, 1.82) is 0 Å². The summed E-state index contributed by atoms with van der Waals surface area (Å²) in [5, 5.41) is 3.12. The topological polar surface area (TPSA) is 59.1 Å². The maximum atomic E-state index is 12.9. The van der Waals surface area contributed by atoms with Crippen LogP contribution < -0.4 is 4.74 Å². The minimum atomic E-state index is -0.849. The van der Waals surface area contributed by atoms with Crippen LogP contribution in [0.1, 0.15) is 36.8 Å². The summed E-state index contributed by atoms with van der Waals surface area (Å²) < 4.78 is 10.8. The highest BCUT2D eigenvalue weighted by Gasteiger charge is 2.48. The molecular formula is C19H22N2O4. The third-order valence-electron chi connectivity index (χ3n) is 4.77. The molecule has 2 amide bonds. The Morgan fingerprint density at radius 1 is 1.08 bits per heavy atom. The maximum absolute atomic E-state index is 12.9. The van der Waals surface area contributed by atoms with Crippen LogP contribution in [0.3, 0.4) is 0 Å². The third-order valence-corrected chi connectivity index (χ3v) is 4.77. The molecule has 2 fully saturated rings. The molecule has 2 aliphatic heterocycles. The molecule has 1 aromatic carbocycles. The van der Waals surface area contributed by atoms with Gasteiger partial charge in [-0.25, -0.2) is 0 Å². The second-order valence-corrected chi connectivity index (χ2v) is 6.12. The van der Waals surface area contributed by atoms with Crippen molar-refractivity contribution < 1.29 is 19.1 Å². The summed E-state index contributed by atoms with van der Waals surface area (Å²) in [5.74, 6) is 5.05. The van der Waals surface area contributed by atoms with E-state index in [0.29, 0.717) is 24.4 Å². The van der Waals surface area contributed by atoms with E-state index in [4.69, 9.17) is 9.47 Å². The molecule has 6 heteroatoms. The first kappa shape index (κ1) is 17.3. The lowest BCUT2D eigenvalue weighted by Gasteiger charge is -2.24. The first-order chi connectivity index (χ1) is 12.1. The van der Waals surface area contributed by atoms with Crippen molar-refractivity contribution >= 4 is 11.8 Å². The van der Waals surface area contributed by atoms with Gasteiger partial charge in [-0.2, -0.15) is 0 Å². The van der Waals surface area contributed by atoms with E-state index in [1.165, 1.54) is 7.11 Å². The summed E-state index contributed by atoms with van der Waals surface area (Å²) in [5.41, 5.74) is 1.38. The standard InChI is InChI=1S/C19H22N2O4/c1-4-5-13-6-7-15(16(12-13)25-3)17-18(22)20-10-8-14(24-2)9-11-21(20)19(17)23/h6-7,12,14,17H,8-11H2,1-3H3. The van der Waals surface area contributed by atoms with Crippen LogP contribution in [0.2, 0.25) is 0 Å². The average Bonchev–Trinajstić information content (AvgIpc) is 2.78.